The summed E-state index contributed by atoms with van der Waals surface area (Å²) in [6.07, 6.45) is 1.29. The molecular formula is C11H21N3O2S2. The van der Waals surface area contributed by atoms with Gasteiger partial charge in [0.2, 0.25) is 10.0 Å². The van der Waals surface area contributed by atoms with Crippen molar-refractivity contribution >= 4 is 26.5 Å². The van der Waals surface area contributed by atoms with E-state index in [0.29, 0.717) is 24.5 Å². The third kappa shape index (κ3) is 4.91. The second kappa shape index (κ2) is 5.99. The molecule has 0 unspecified atom stereocenters. The van der Waals surface area contributed by atoms with Crippen molar-refractivity contribution in [2.45, 2.75) is 39.0 Å². The molecule has 0 bridgehead atoms. The number of nitrogens with two attached hydrogens (primary N) is 1. The topological polar surface area (TPSA) is 85.1 Å². The van der Waals surface area contributed by atoms with Gasteiger partial charge in [0.1, 0.15) is 0 Å². The van der Waals surface area contributed by atoms with E-state index in [2.05, 4.69) is 9.71 Å². The molecule has 0 spiro atoms. The summed E-state index contributed by atoms with van der Waals surface area (Å²) >= 11 is 1.32. The highest BCUT2D eigenvalue weighted by atomic mass is 32.2. The van der Waals surface area contributed by atoms with E-state index >= 15 is 0 Å². The van der Waals surface area contributed by atoms with Crippen molar-refractivity contribution in [2.24, 2.45) is 5.73 Å². The van der Waals surface area contributed by atoms with Gasteiger partial charge in [-0.15, -0.1) is 11.3 Å². The van der Waals surface area contributed by atoms with Crippen molar-refractivity contribution in [3.63, 3.8) is 0 Å². The number of thiazole rings is 1. The van der Waals surface area contributed by atoms with Gasteiger partial charge in [-0.2, -0.15) is 0 Å². The second-order valence-electron chi connectivity index (χ2n) is 5.20. The molecule has 1 rings (SSSR count). The van der Waals surface area contributed by atoms with Crippen LogP contribution in [0.2, 0.25) is 0 Å². The van der Waals surface area contributed by atoms with Gasteiger partial charge in [-0.1, -0.05) is 20.8 Å². The zero-order chi connectivity index (χ0) is 13.8. The molecule has 0 aliphatic rings. The first-order valence-electron chi connectivity index (χ1n) is 5.91. The van der Waals surface area contributed by atoms with E-state index in [0.717, 1.165) is 5.69 Å². The van der Waals surface area contributed by atoms with Crippen LogP contribution in [0.5, 0.6) is 0 Å². The Kier molecular flexibility index (Phi) is 5.12. The fraction of sp³-hybridized carbons (Fsp3) is 0.727. The second-order valence-corrected chi connectivity index (χ2v) is 7.90. The number of anilines is 1. The molecular weight excluding hydrogens is 270 g/mol. The molecule has 0 saturated heterocycles. The third-order valence-electron chi connectivity index (χ3n) is 2.38. The van der Waals surface area contributed by atoms with Gasteiger partial charge in [0, 0.05) is 10.8 Å². The van der Waals surface area contributed by atoms with Crippen molar-refractivity contribution in [3.8, 4) is 0 Å². The van der Waals surface area contributed by atoms with Gasteiger partial charge in [-0.25, -0.2) is 13.4 Å². The molecule has 0 aliphatic carbocycles. The zero-order valence-electron chi connectivity index (χ0n) is 11.1. The third-order valence-corrected chi connectivity index (χ3v) is 4.60. The Morgan fingerprint density at radius 2 is 2.06 bits per heavy atom. The Bertz CT molecular complexity index is 475. The fourth-order valence-corrected chi connectivity index (χ4v) is 3.64. The number of hydrogen-bond acceptors (Lipinski definition) is 5. The van der Waals surface area contributed by atoms with Gasteiger partial charge >= 0.3 is 0 Å². The molecule has 0 saturated carbocycles. The zero-order valence-corrected chi connectivity index (χ0v) is 12.7. The minimum atomic E-state index is -3.30. The Morgan fingerprint density at radius 3 is 2.56 bits per heavy atom. The molecule has 1 heterocycles. The standard InChI is InChI=1S/C11H21N3O2S2/c1-11(2,3)9-8-17-10(13-9)14-18(15,16)7-5-4-6-12/h8H,4-7,12H2,1-3H3,(H,13,14). The maximum Gasteiger partial charge on any atom is 0.234 e. The lowest BCUT2D eigenvalue weighted by molar-refractivity contribution is 0.573. The molecule has 18 heavy (non-hydrogen) atoms. The van der Waals surface area contributed by atoms with E-state index in [4.69, 9.17) is 5.73 Å². The molecule has 1 aromatic rings. The largest absolute Gasteiger partial charge is 0.330 e. The lowest BCUT2D eigenvalue weighted by Gasteiger charge is -2.14. The summed E-state index contributed by atoms with van der Waals surface area (Å²) in [5.74, 6) is 0.0919. The number of nitrogens with zero attached hydrogens (tertiary/aromatic N) is 1. The lowest BCUT2D eigenvalue weighted by atomic mass is 9.93. The average molecular weight is 291 g/mol. The van der Waals surface area contributed by atoms with Crippen LogP contribution in [0, 0.1) is 0 Å². The Morgan fingerprint density at radius 1 is 1.39 bits per heavy atom. The minimum Gasteiger partial charge on any atom is -0.330 e. The van der Waals surface area contributed by atoms with Gasteiger partial charge in [-0.05, 0) is 19.4 Å². The molecule has 104 valence electrons. The highest BCUT2D eigenvalue weighted by molar-refractivity contribution is 7.92. The van der Waals surface area contributed by atoms with E-state index in [1.165, 1.54) is 11.3 Å². The van der Waals surface area contributed by atoms with Crippen LogP contribution in [0.1, 0.15) is 39.3 Å². The van der Waals surface area contributed by atoms with Gasteiger partial charge < -0.3 is 5.73 Å². The number of unbranched alkanes of at least 4 members (excludes halogenated alkanes) is 1. The van der Waals surface area contributed by atoms with Crippen LogP contribution < -0.4 is 10.5 Å². The predicted molar refractivity (Wildman–Crippen MR) is 76.5 cm³/mol. The number of aromatic nitrogens is 1. The fourth-order valence-electron chi connectivity index (χ4n) is 1.29. The van der Waals surface area contributed by atoms with Crippen molar-refractivity contribution in [1.29, 1.82) is 0 Å². The first kappa shape index (κ1) is 15.4. The molecule has 0 fully saturated rings. The molecule has 0 radical (unpaired) electrons. The lowest BCUT2D eigenvalue weighted by Crippen LogP contribution is -2.18. The van der Waals surface area contributed by atoms with Crippen LogP contribution >= 0.6 is 11.3 Å². The van der Waals surface area contributed by atoms with Crippen LogP contribution in [-0.4, -0.2) is 25.7 Å². The molecule has 3 N–H and O–H groups in total. The molecule has 7 heteroatoms. The summed E-state index contributed by atoms with van der Waals surface area (Å²) in [7, 11) is -3.30. The van der Waals surface area contributed by atoms with Crippen molar-refractivity contribution in [2.75, 3.05) is 17.0 Å². The molecule has 0 amide bonds. The van der Waals surface area contributed by atoms with Gasteiger partial charge in [0.25, 0.3) is 0 Å². The van der Waals surface area contributed by atoms with Gasteiger partial charge in [-0.3, -0.25) is 4.72 Å². The summed E-state index contributed by atoms with van der Waals surface area (Å²) in [6.45, 7) is 6.64. The number of hydrogen-bond donors (Lipinski definition) is 2. The molecule has 5 nitrogen and oxygen atoms in total. The number of sulfonamides is 1. The van der Waals surface area contributed by atoms with E-state index < -0.39 is 10.0 Å². The van der Waals surface area contributed by atoms with E-state index in [9.17, 15) is 8.42 Å². The predicted octanol–water partition coefficient (Wildman–Crippen LogP) is 1.92. The maximum absolute atomic E-state index is 11.7. The van der Waals surface area contributed by atoms with E-state index in [1.807, 2.05) is 26.2 Å². The number of rotatable bonds is 6. The highest BCUT2D eigenvalue weighted by Gasteiger charge is 2.19. The van der Waals surface area contributed by atoms with E-state index in [-0.39, 0.29) is 11.2 Å². The van der Waals surface area contributed by atoms with Gasteiger partial charge in [0.05, 0.1) is 11.4 Å². The highest BCUT2D eigenvalue weighted by Crippen LogP contribution is 2.26. The SMILES string of the molecule is CC(C)(C)c1csc(NS(=O)(=O)CCCCN)n1. The average Bonchev–Trinajstić information content (AvgIpc) is 2.65. The number of nitrogens with one attached hydrogen (secondary N) is 1. The van der Waals surface area contributed by atoms with Crippen LogP contribution in [0.4, 0.5) is 5.13 Å². The van der Waals surface area contributed by atoms with Crippen LogP contribution in [0.25, 0.3) is 0 Å². The summed E-state index contributed by atoms with van der Waals surface area (Å²) < 4.78 is 26.0. The Labute approximate surface area is 113 Å². The van der Waals surface area contributed by atoms with Crippen LogP contribution in [0.15, 0.2) is 5.38 Å². The van der Waals surface area contributed by atoms with E-state index in [1.54, 1.807) is 0 Å². The summed E-state index contributed by atoms with van der Waals surface area (Å²) in [5, 5.41) is 2.32. The summed E-state index contributed by atoms with van der Waals surface area (Å²) in [4.78, 5) is 4.30. The summed E-state index contributed by atoms with van der Waals surface area (Å²) in [6, 6.07) is 0. The summed E-state index contributed by atoms with van der Waals surface area (Å²) in [5.41, 5.74) is 6.16. The van der Waals surface area contributed by atoms with Crippen molar-refractivity contribution in [1.82, 2.24) is 4.98 Å². The van der Waals surface area contributed by atoms with Crippen molar-refractivity contribution in [3.05, 3.63) is 11.1 Å². The van der Waals surface area contributed by atoms with Gasteiger partial charge in [0.15, 0.2) is 5.13 Å². The van der Waals surface area contributed by atoms with Crippen molar-refractivity contribution < 1.29 is 8.42 Å². The normalized spacial score (nSPS) is 12.7. The molecule has 0 aliphatic heterocycles. The quantitative estimate of drug-likeness (QED) is 0.784. The monoisotopic (exact) mass is 291 g/mol. The molecule has 1 aromatic heterocycles. The first-order chi connectivity index (χ1) is 8.24. The van der Waals surface area contributed by atoms with Crippen LogP contribution in [-0.2, 0) is 15.4 Å². The maximum atomic E-state index is 11.7. The Hall–Kier alpha value is -0.660. The minimum absolute atomic E-state index is 0.0697. The smallest absolute Gasteiger partial charge is 0.234 e. The van der Waals surface area contributed by atoms with Crippen LogP contribution in [0.3, 0.4) is 0 Å². The molecule has 0 aromatic carbocycles. The first-order valence-corrected chi connectivity index (χ1v) is 8.44. The Balaban J connectivity index is 2.64. The molecule has 0 atom stereocenters.